The molecule has 0 N–H and O–H groups in total. The minimum atomic E-state index is 0.580. The van der Waals surface area contributed by atoms with E-state index in [-0.39, 0.29) is 0 Å². The standard InChI is InChI=1S/C13H21N/c1-4-11-14(3)13(5-2)12-9-7-6-8-10-12/h6-10,13H,4-5,11H2,1-3H3. The van der Waals surface area contributed by atoms with Crippen LogP contribution in [0.25, 0.3) is 0 Å². The maximum absolute atomic E-state index is 2.44. The van der Waals surface area contributed by atoms with Gasteiger partial charge in [0.1, 0.15) is 0 Å². The fraction of sp³-hybridized carbons (Fsp3) is 0.538. The predicted octanol–water partition coefficient (Wildman–Crippen LogP) is 3.48. The Morgan fingerprint density at radius 2 is 1.79 bits per heavy atom. The van der Waals surface area contributed by atoms with Crippen LogP contribution >= 0.6 is 0 Å². The SMILES string of the molecule is CCCN(C)C(CC)c1ccccc1. The molecule has 14 heavy (non-hydrogen) atoms. The van der Waals surface area contributed by atoms with Crippen LogP contribution < -0.4 is 0 Å². The minimum Gasteiger partial charge on any atom is -0.299 e. The second-order valence-corrected chi connectivity index (χ2v) is 3.82. The molecule has 1 aromatic carbocycles. The Morgan fingerprint density at radius 1 is 1.14 bits per heavy atom. The molecule has 0 aliphatic rings. The molecule has 0 heterocycles. The third kappa shape index (κ3) is 2.85. The zero-order valence-electron chi connectivity index (χ0n) is 9.53. The summed E-state index contributed by atoms with van der Waals surface area (Å²) in [5.74, 6) is 0. The molecule has 0 bridgehead atoms. The van der Waals surface area contributed by atoms with Gasteiger partial charge in [0.25, 0.3) is 0 Å². The van der Waals surface area contributed by atoms with Crippen LogP contribution in [-0.4, -0.2) is 18.5 Å². The van der Waals surface area contributed by atoms with Gasteiger partial charge in [0, 0.05) is 6.04 Å². The van der Waals surface area contributed by atoms with Crippen molar-refractivity contribution in [2.24, 2.45) is 0 Å². The van der Waals surface area contributed by atoms with Crippen LogP contribution in [0.2, 0.25) is 0 Å². The van der Waals surface area contributed by atoms with Crippen LogP contribution in [0.5, 0.6) is 0 Å². The Hall–Kier alpha value is -0.820. The van der Waals surface area contributed by atoms with E-state index in [0.717, 1.165) is 0 Å². The first kappa shape index (κ1) is 11.3. The minimum absolute atomic E-state index is 0.580. The van der Waals surface area contributed by atoms with E-state index < -0.39 is 0 Å². The molecule has 0 saturated carbocycles. The lowest BCUT2D eigenvalue weighted by Crippen LogP contribution is -2.24. The summed E-state index contributed by atoms with van der Waals surface area (Å²) in [5, 5.41) is 0. The van der Waals surface area contributed by atoms with Crippen molar-refractivity contribution >= 4 is 0 Å². The van der Waals surface area contributed by atoms with Crippen molar-refractivity contribution in [2.45, 2.75) is 32.7 Å². The van der Waals surface area contributed by atoms with E-state index in [4.69, 9.17) is 0 Å². The normalized spacial score (nSPS) is 13.1. The Bertz CT molecular complexity index is 243. The maximum Gasteiger partial charge on any atom is 0.0342 e. The quantitative estimate of drug-likeness (QED) is 0.688. The van der Waals surface area contributed by atoms with Gasteiger partial charge in [-0.05, 0) is 32.0 Å². The summed E-state index contributed by atoms with van der Waals surface area (Å²) < 4.78 is 0. The van der Waals surface area contributed by atoms with Crippen molar-refractivity contribution in [3.63, 3.8) is 0 Å². The van der Waals surface area contributed by atoms with Gasteiger partial charge in [-0.1, -0.05) is 44.2 Å². The second-order valence-electron chi connectivity index (χ2n) is 3.82. The summed E-state index contributed by atoms with van der Waals surface area (Å²) in [5.41, 5.74) is 1.44. The molecular formula is C13H21N. The van der Waals surface area contributed by atoms with Crippen molar-refractivity contribution in [1.82, 2.24) is 4.90 Å². The molecule has 1 rings (SSSR count). The molecule has 1 nitrogen and oxygen atoms in total. The number of nitrogens with zero attached hydrogens (tertiary/aromatic N) is 1. The van der Waals surface area contributed by atoms with Crippen molar-refractivity contribution in [3.05, 3.63) is 35.9 Å². The maximum atomic E-state index is 2.44. The lowest BCUT2D eigenvalue weighted by molar-refractivity contribution is 0.239. The third-order valence-corrected chi connectivity index (χ3v) is 2.68. The van der Waals surface area contributed by atoms with Gasteiger partial charge in [0.2, 0.25) is 0 Å². The van der Waals surface area contributed by atoms with Crippen molar-refractivity contribution in [3.8, 4) is 0 Å². The highest BCUT2D eigenvalue weighted by Gasteiger charge is 2.12. The molecule has 0 aromatic heterocycles. The summed E-state index contributed by atoms with van der Waals surface area (Å²) >= 11 is 0. The van der Waals surface area contributed by atoms with Gasteiger partial charge in [-0.2, -0.15) is 0 Å². The Morgan fingerprint density at radius 3 is 2.29 bits per heavy atom. The number of rotatable bonds is 5. The van der Waals surface area contributed by atoms with Crippen LogP contribution in [0, 0.1) is 0 Å². The molecule has 1 heteroatoms. The van der Waals surface area contributed by atoms with Gasteiger partial charge >= 0.3 is 0 Å². The Kier molecular flexibility index (Phi) is 4.68. The Balaban J connectivity index is 2.71. The molecule has 0 fully saturated rings. The van der Waals surface area contributed by atoms with E-state index in [1.54, 1.807) is 0 Å². The van der Waals surface area contributed by atoms with E-state index in [2.05, 4.69) is 56.1 Å². The van der Waals surface area contributed by atoms with E-state index >= 15 is 0 Å². The van der Waals surface area contributed by atoms with Crippen molar-refractivity contribution < 1.29 is 0 Å². The predicted molar refractivity (Wildman–Crippen MR) is 62.4 cm³/mol. The average Bonchev–Trinajstić information content (AvgIpc) is 2.21. The zero-order valence-corrected chi connectivity index (χ0v) is 9.53. The molecule has 1 aromatic rings. The summed E-state index contributed by atoms with van der Waals surface area (Å²) in [6, 6.07) is 11.3. The molecule has 0 radical (unpaired) electrons. The number of hydrogen-bond acceptors (Lipinski definition) is 1. The summed E-state index contributed by atoms with van der Waals surface area (Å²) in [7, 11) is 2.21. The Labute approximate surface area is 87.7 Å². The fourth-order valence-corrected chi connectivity index (χ4v) is 1.99. The third-order valence-electron chi connectivity index (χ3n) is 2.68. The number of hydrogen-bond donors (Lipinski definition) is 0. The van der Waals surface area contributed by atoms with Crippen LogP contribution in [0.3, 0.4) is 0 Å². The smallest absolute Gasteiger partial charge is 0.0342 e. The van der Waals surface area contributed by atoms with E-state index in [0.29, 0.717) is 6.04 Å². The highest BCUT2D eigenvalue weighted by atomic mass is 15.1. The average molecular weight is 191 g/mol. The highest BCUT2D eigenvalue weighted by molar-refractivity contribution is 5.18. The van der Waals surface area contributed by atoms with Crippen LogP contribution in [0.15, 0.2) is 30.3 Å². The molecule has 1 unspecified atom stereocenters. The largest absolute Gasteiger partial charge is 0.299 e. The van der Waals surface area contributed by atoms with Crippen LogP contribution in [-0.2, 0) is 0 Å². The molecule has 0 aliphatic carbocycles. The van der Waals surface area contributed by atoms with Gasteiger partial charge < -0.3 is 0 Å². The molecule has 0 aliphatic heterocycles. The monoisotopic (exact) mass is 191 g/mol. The molecule has 0 amide bonds. The first-order valence-electron chi connectivity index (χ1n) is 5.54. The van der Waals surface area contributed by atoms with E-state index in [1.165, 1.54) is 24.9 Å². The lowest BCUT2D eigenvalue weighted by Gasteiger charge is -2.27. The first-order valence-corrected chi connectivity index (χ1v) is 5.54. The molecule has 1 atom stereocenters. The first-order chi connectivity index (χ1) is 6.79. The van der Waals surface area contributed by atoms with Crippen molar-refractivity contribution in [1.29, 1.82) is 0 Å². The van der Waals surface area contributed by atoms with Gasteiger partial charge in [0.15, 0.2) is 0 Å². The lowest BCUT2D eigenvalue weighted by atomic mass is 10.0. The van der Waals surface area contributed by atoms with E-state index in [1.807, 2.05) is 0 Å². The molecule has 78 valence electrons. The fourth-order valence-electron chi connectivity index (χ4n) is 1.99. The molecule has 0 saturated heterocycles. The van der Waals surface area contributed by atoms with Gasteiger partial charge in [-0.3, -0.25) is 4.90 Å². The van der Waals surface area contributed by atoms with Gasteiger partial charge in [-0.25, -0.2) is 0 Å². The topological polar surface area (TPSA) is 3.24 Å². The molecular weight excluding hydrogens is 170 g/mol. The highest BCUT2D eigenvalue weighted by Crippen LogP contribution is 2.22. The molecule has 0 spiro atoms. The van der Waals surface area contributed by atoms with Crippen LogP contribution in [0.4, 0.5) is 0 Å². The number of benzene rings is 1. The van der Waals surface area contributed by atoms with E-state index in [9.17, 15) is 0 Å². The van der Waals surface area contributed by atoms with Gasteiger partial charge in [0.05, 0.1) is 0 Å². The summed E-state index contributed by atoms with van der Waals surface area (Å²) in [6.07, 6.45) is 2.40. The second kappa shape index (κ2) is 5.82. The summed E-state index contributed by atoms with van der Waals surface area (Å²) in [4.78, 5) is 2.44. The summed E-state index contributed by atoms with van der Waals surface area (Å²) in [6.45, 7) is 5.66. The zero-order chi connectivity index (χ0) is 10.4. The van der Waals surface area contributed by atoms with Crippen LogP contribution in [0.1, 0.15) is 38.3 Å². The van der Waals surface area contributed by atoms with Crippen molar-refractivity contribution in [2.75, 3.05) is 13.6 Å². The van der Waals surface area contributed by atoms with Gasteiger partial charge in [-0.15, -0.1) is 0 Å².